The summed E-state index contributed by atoms with van der Waals surface area (Å²) in [5, 5.41) is -0.313. The lowest BCUT2D eigenvalue weighted by molar-refractivity contribution is -0.119. The van der Waals surface area contributed by atoms with E-state index in [4.69, 9.17) is 11.6 Å². The minimum Gasteiger partial charge on any atom is -0.342 e. The van der Waals surface area contributed by atoms with Crippen molar-refractivity contribution in [1.29, 1.82) is 0 Å². The molecule has 18 heavy (non-hydrogen) atoms. The number of hydrogen-bond acceptors (Lipinski definition) is 3. The van der Waals surface area contributed by atoms with E-state index in [-0.39, 0.29) is 10.7 Å². The molecule has 5 nitrogen and oxygen atoms in total. The van der Waals surface area contributed by atoms with E-state index in [9.17, 15) is 14.0 Å². The molecule has 1 saturated heterocycles. The van der Waals surface area contributed by atoms with Crippen molar-refractivity contribution in [2.75, 3.05) is 26.2 Å². The van der Waals surface area contributed by atoms with E-state index in [1.54, 1.807) is 4.90 Å². The first kappa shape index (κ1) is 12.8. The summed E-state index contributed by atoms with van der Waals surface area (Å²) in [5.74, 6) is -1.23. The van der Waals surface area contributed by atoms with Gasteiger partial charge in [-0.05, 0) is 6.07 Å². The van der Waals surface area contributed by atoms with Crippen molar-refractivity contribution in [3.63, 3.8) is 0 Å². The highest BCUT2D eigenvalue weighted by Crippen LogP contribution is 2.17. The number of hydrogen-bond donors (Lipinski definition) is 0. The van der Waals surface area contributed by atoms with Gasteiger partial charge in [0, 0.05) is 32.4 Å². The molecule has 0 saturated carbocycles. The average Bonchev–Trinajstić information content (AvgIpc) is 2.41. The molecule has 0 atom stereocenters. The van der Waals surface area contributed by atoms with Crippen LogP contribution in [0.5, 0.6) is 0 Å². The van der Waals surface area contributed by atoms with Crippen LogP contribution in [0.3, 0.4) is 0 Å². The van der Waals surface area contributed by atoms with Crippen molar-refractivity contribution in [1.82, 2.24) is 14.8 Å². The van der Waals surface area contributed by atoms with Crippen LogP contribution < -0.4 is 0 Å². The normalized spacial score (nSPS) is 15.7. The zero-order valence-electron chi connectivity index (χ0n) is 9.47. The lowest BCUT2D eigenvalue weighted by atomic mass is 10.2. The first-order chi connectivity index (χ1) is 8.63. The van der Waals surface area contributed by atoms with Gasteiger partial charge in [-0.25, -0.2) is 9.37 Å². The maximum atomic E-state index is 13.6. The molecule has 2 rings (SSSR count). The molecule has 1 aliphatic heterocycles. The highest BCUT2D eigenvalue weighted by atomic mass is 35.5. The topological polar surface area (TPSA) is 53.5 Å². The summed E-state index contributed by atoms with van der Waals surface area (Å²) in [7, 11) is 0. The molecule has 2 heterocycles. The molecule has 0 N–H and O–H groups in total. The number of piperazine rings is 1. The van der Waals surface area contributed by atoms with Crippen molar-refractivity contribution >= 4 is 23.9 Å². The Labute approximate surface area is 108 Å². The Kier molecular flexibility index (Phi) is 3.76. The molecular formula is C11H11ClFN3O2. The van der Waals surface area contributed by atoms with Crippen molar-refractivity contribution in [2.45, 2.75) is 0 Å². The number of halogens is 2. The number of rotatable bonds is 2. The largest absolute Gasteiger partial charge is 0.342 e. The van der Waals surface area contributed by atoms with E-state index in [2.05, 4.69) is 4.98 Å². The zero-order valence-corrected chi connectivity index (χ0v) is 10.2. The van der Waals surface area contributed by atoms with E-state index in [0.717, 1.165) is 6.41 Å². The summed E-state index contributed by atoms with van der Waals surface area (Å²) in [6, 6.07) is 1.30. The fraction of sp³-hybridized carbons (Fsp3) is 0.364. The van der Waals surface area contributed by atoms with Crippen LogP contribution in [-0.2, 0) is 4.79 Å². The maximum Gasteiger partial charge on any atom is 0.257 e. The fourth-order valence-electron chi connectivity index (χ4n) is 1.78. The second kappa shape index (κ2) is 5.30. The van der Waals surface area contributed by atoms with Crippen LogP contribution >= 0.6 is 11.6 Å². The fourth-order valence-corrected chi connectivity index (χ4v) is 1.94. The maximum absolute atomic E-state index is 13.6. The van der Waals surface area contributed by atoms with E-state index < -0.39 is 11.7 Å². The van der Waals surface area contributed by atoms with Gasteiger partial charge in [0.25, 0.3) is 5.91 Å². The van der Waals surface area contributed by atoms with Gasteiger partial charge in [0.1, 0.15) is 0 Å². The molecule has 0 aromatic carbocycles. The van der Waals surface area contributed by atoms with Gasteiger partial charge in [-0.1, -0.05) is 11.6 Å². The van der Waals surface area contributed by atoms with E-state index in [1.165, 1.54) is 17.2 Å². The number of carbonyl (C=O) groups excluding carboxylic acids is 2. The summed E-state index contributed by atoms with van der Waals surface area (Å²) in [6.07, 6.45) is 2.03. The number of aromatic nitrogens is 1. The van der Waals surface area contributed by atoms with Gasteiger partial charge in [0.2, 0.25) is 6.41 Å². The SMILES string of the molecule is O=CN1CCN(C(=O)c2ccnc(Cl)c2F)CC1. The molecule has 1 aromatic rings. The van der Waals surface area contributed by atoms with Gasteiger partial charge in [-0.2, -0.15) is 0 Å². The zero-order chi connectivity index (χ0) is 13.1. The van der Waals surface area contributed by atoms with Crippen LogP contribution in [0.15, 0.2) is 12.3 Å². The minimum absolute atomic E-state index is 0.0884. The molecule has 0 radical (unpaired) electrons. The third-order valence-corrected chi connectivity index (χ3v) is 3.09. The van der Waals surface area contributed by atoms with Gasteiger partial charge in [0.15, 0.2) is 11.0 Å². The van der Waals surface area contributed by atoms with Crippen LogP contribution in [0.25, 0.3) is 0 Å². The lowest BCUT2D eigenvalue weighted by Gasteiger charge is -2.32. The number of amides is 2. The molecule has 0 bridgehead atoms. The number of carbonyl (C=O) groups is 2. The van der Waals surface area contributed by atoms with Crippen molar-refractivity contribution < 1.29 is 14.0 Å². The Bertz CT molecular complexity index is 475. The molecule has 2 amide bonds. The Morgan fingerprint density at radius 3 is 2.67 bits per heavy atom. The van der Waals surface area contributed by atoms with Gasteiger partial charge in [-0.3, -0.25) is 9.59 Å². The third kappa shape index (κ3) is 2.43. The summed E-state index contributed by atoms with van der Waals surface area (Å²) in [6.45, 7) is 1.68. The Balaban J connectivity index is 2.12. The summed E-state index contributed by atoms with van der Waals surface area (Å²) in [4.78, 5) is 29.2. The molecule has 0 aliphatic carbocycles. The Morgan fingerprint density at radius 1 is 1.39 bits per heavy atom. The van der Waals surface area contributed by atoms with Crippen LogP contribution in [0.4, 0.5) is 4.39 Å². The predicted octanol–water partition coefficient (Wildman–Crippen LogP) is 0.788. The predicted molar refractivity (Wildman–Crippen MR) is 62.7 cm³/mol. The first-order valence-corrected chi connectivity index (χ1v) is 5.80. The Morgan fingerprint density at radius 2 is 2.06 bits per heavy atom. The summed E-state index contributed by atoms with van der Waals surface area (Å²) in [5.41, 5.74) is -0.0884. The molecule has 0 spiro atoms. The third-order valence-electron chi connectivity index (χ3n) is 2.83. The van der Waals surface area contributed by atoms with Crippen molar-refractivity contribution in [3.8, 4) is 0 Å². The van der Waals surface area contributed by atoms with Crippen molar-refractivity contribution in [2.24, 2.45) is 0 Å². The quantitative estimate of drug-likeness (QED) is 0.590. The average molecular weight is 272 g/mol. The van der Waals surface area contributed by atoms with Gasteiger partial charge >= 0.3 is 0 Å². The molecule has 1 aliphatic rings. The molecule has 0 unspecified atom stereocenters. The molecule has 1 fully saturated rings. The van der Waals surface area contributed by atoms with Crippen LogP contribution in [0.2, 0.25) is 5.15 Å². The smallest absolute Gasteiger partial charge is 0.257 e. The van der Waals surface area contributed by atoms with Gasteiger partial charge in [-0.15, -0.1) is 0 Å². The molecule has 7 heteroatoms. The molecule has 1 aromatic heterocycles. The number of pyridine rings is 1. The molecular weight excluding hydrogens is 261 g/mol. The van der Waals surface area contributed by atoms with Crippen molar-refractivity contribution in [3.05, 3.63) is 28.8 Å². The van der Waals surface area contributed by atoms with Gasteiger partial charge < -0.3 is 9.80 Å². The summed E-state index contributed by atoms with van der Waals surface area (Å²) < 4.78 is 13.6. The first-order valence-electron chi connectivity index (χ1n) is 5.42. The van der Waals surface area contributed by atoms with Crippen LogP contribution in [0, 0.1) is 5.82 Å². The highest BCUT2D eigenvalue weighted by molar-refractivity contribution is 6.29. The molecule has 96 valence electrons. The standard InChI is InChI=1S/C11H11ClFN3O2/c12-10-9(13)8(1-2-14-10)11(18)16-5-3-15(7-17)4-6-16/h1-2,7H,3-6H2. The van der Waals surface area contributed by atoms with E-state index in [0.29, 0.717) is 26.2 Å². The van der Waals surface area contributed by atoms with E-state index in [1.807, 2.05) is 0 Å². The monoisotopic (exact) mass is 271 g/mol. The lowest BCUT2D eigenvalue weighted by Crippen LogP contribution is -2.48. The number of nitrogens with zero attached hydrogens (tertiary/aromatic N) is 3. The Hall–Kier alpha value is -1.69. The summed E-state index contributed by atoms with van der Waals surface area (Å²) >= 11 is 5.53. The highest BCUT2D eigenvalue weighted by Gasteiger charge is 2.24. The minimum atomic E-state index is -0.804. The second-order valence-electron chi connectivity index (χ2n) is 3.90. The van der Waals surface area contributed by atoms with Crippen LogP contribution in [0.1, 0.15) is 10.4 Å². The van der Waals surface area contributed by atoms with Gasteiger partial charge in [0.05, 0.1) is 5.56 Å². The van der Waals surface area contributed by atoms with Crippen LogP contribution in [-0.4, -0.2) is 53.3 Å². The second-order valence-corrected chi connectivity index (χ2v) is 4.25. The van der Waals surface area contributed by atoms with E-state index >= 15 is 0 Å².